The van der Waals surface area contributed by atoms with E-state index >= 15 is 0 Å². The summed E-state index contributed by atoms with van der Waals surface area (Å²) in [6, 6.07) is 4.12. The number of methoxy groups -OCH3 is 1. The summed E-state index contributed by atoms with van der Waals surface area (Å²) in [6.07, 6.45) is -0.247. The topological polar surface area (TPSA) is 55.8 Å². The van der Waals surface area contributed by atoms with Gasteiger partial charge in [0.05, 0.1) is 13.0 Å². The second-order valence-electron chi connectivity index (χ2n) is 5.72. The van der Waals surface area contributed by atoms with E-state index in [1.807, 2.05) is 20.8 Å². The Bertz CT molecular complexity index is 545. The molecule has 1 atom stereocenters. The molecular formula is C18H27NO4. The van der Waals surface area contributed by atoms with Gasteiger partial charge >= 0.3 is 5.97 Å². The lowest BCUT2D eigenvalue weighted by molar-refractivity contribution is -0.156. The van der Waals surface area contributed by atoms with Crippen LogP contribution in [0.1, 0.15) is 36.1 Å². The molecule has 0 spiro atoms. The van der Waals surface area contributed by atoms with Crippen molar-refractivity contribution in [3.8, 4) is 0 Å². The van der Waals surface area contributed by atoms with Crippen LogP contribution in [0.15, 0.2) is 12.1 Å². The van der Waals surface area contributed by atoms with Gasteiger partial charge in [-0.1, -0.05) is 17.7 Å². The van der Waals surface area contributed by atoms with E-state index in [1.165, 1.54) is 17.6 Å². The lowest BCUT2D eigenvalue weighted by atomic mass is 9.97. The van der Waals surface area contributed by atoms with Crippen LogP contribution < -0.4 is 0 Å². The second-order valence-corrected chi connectivity index (χ2v) is 5.72. The molecule has 0 heterocycles. The number of nitrogens with zero attached hydrogens (tertiary/aromatic N) is 1. The Morgan fingerprint density at radius 2 is 1.74 bits per heavy atom. The van der Waals surface area contributed by atoms with Gasteiger partial charge < -0.3 is 14.4 Å². The van der Waals surface area contributed by atoms with Crippen LogP contribution in [0.25, 0.3) is 0 Å². The Kier molecular flexibility index (Phi) is 7.23. The van der Waals surface area contributed by atoms with Gasteiger partial charge in [0.2, 0.25) is 5.91 Å². The van der Waals surface area contributed by atoms with Crippen molar-refractivity contribution < 1.29 is 19.1 Å². The van der Waals surface area contributed by atoms with Crippen LogP contribution in [-0.2, 0) is 25.5 Å². The van der Waals surface area contributed by atoms with E-state index in [0.717, 1.165) is 16.7 Å². The fraction of sp³-hybridized carbons (Fsp3) is 0.556. The van der Waals surface area contributed by atoms with Crippen molar-refractivity contribution in [2.24, 2.45) is 0 Å². The van der Waals surface area contributed by atoms with Gasteiger partial charge in [0, 0.05) is 7.11 Å². The van der Waals surface area contributed by atoms with Crippen molar-refractivity contribution in [3.63, 3.8) is 0 Å². The molecule has 23 heavy (non-hydrogen) atoms. The fourth-order valence-corrected chi connectivity index (χ4v) is 2.63. The van der Waals surface area contributed by atoms with Gasteiger partial charge in [-0.05, 0) is 51.3 Å². The number of carbonyl (C=O) groups excluding carboxylic acids is 2. The Labute approximate surface area is 138 Å². The Morgan fingerprint density at radius 1 is 1.17 bits per heavy atom. The maximum Gasteiger partial charge on any atom is 0.325 e. The van der Waals surface area contributed by atoms with E-state index in [4.69, 9.17) is 9.47 Å². The number of carbonyl (C=O) groups is 2. The summed E-state index contributed by atoms with van der Waals surface area (Å²) in [7, 11) is 1.51. The van der Waals surface area contributed by atoms with Gasteiger partial charge in [0.1, 0.15) is 12.8 Å². The number of aryl methyl sites for hydroxylation is 3. The van der Waals surface area contributed by atoms with Gasteiger partial charge in [0.25, 0.3) is 0 Å². The molecule has 1 aromatic rings. The summed E-state index contributed by atoms with van der Waals surface area (Å²) in [5, 5.41) is 0. The van der Waals surface area contributed by atoms with Crippen molar-refractivity contribution in [1.82, 2.24) is 4.90 Å². The molecule has 5 nitrogen and oxygen atoms in total. The van der Waals surface area contributed by atoms with Crippen molar-refractivity contribution in [1.29, 1.82) is 0 Å². The molecule has 1 unspecified atom stereocenters. The largest absolute Gasteiger partial charge is 0.465 e. The third-order valence-corrected chi connectivity index (χ3v) is 3.87. The van der Waals surface area contributed by atoms with E-state index in [1.54, 1.807) is 13.8 Å². The SMILES string of the molecule is CCOC(=O)CN(C(=O)Cc1c(C)cc(C)cc1C)C(C)OC. The summed E-state index contributed by atoms with van der Waals surface area (Å²) < 4.78 is 10.2. The monoisotopic (exact) mass is 321 g/mol. The van der Waals surface area contributed by atoms with E-state index in [0.29, 0.717) is 6.61 Å². The smallest absolute Gasteiger partial charge is 0.325 e. The van der Waals surface area contributed by atoms with Crippen LogP contribution in [0, 0.1) is 20.8 Å². The van der Waals surface area contributed by atoms with Gasteiger partial charge in [-0.25, -0.2) is 0 Å². The predicted molar refractivity (Wildman–Crippen MR) is 89.2 cm³/mol. The molecule has 0 radical (unpaired) electrons. The highest BCUT2D eigenvalue weighted by Crippen LogP contribution is 2.18. The molecule has 0 aliphatic heterocycles. The number of esters is 1. The van der Waals surface area contributed by atoms with Crippen LogP contribution in [0.3, 0.4) is 0 Å². The Hall–Kier alpha value is -1.88. The summed E-state index contributed by atoms with van der Waals surface area (Å²) in [6.45, 7) is 9.70. The summed E-state index contributed by atoms with van der Waals surface area (Å²) >= 11 is 0. The minimum absolute atomic E-state index is 0.106. The number of amides is 1. The molecule has 1 amide bonds. The van der Waals surface area contributed by atoms with E-state index in [9.17, 15) is 9.59 Å². The average Bonchev–Trinajstić information content (AvgIpc) is 2.47. The summed E-state index contributed by atoms with van der Waals surface area (Å²) in [5.41, 5.74) is 4.33. The molecule has 128 valence electrons. The Balaban J connectivity index is 2.95. The quantitative estimate of drug-likeness (QED) is 0.572. The molecule has 1 rings (SSSR count). The molecule has 0 saturated carbocycles. The number of hydrogen-bond acceptors (Lipinski definition) is 4. The molecule has 0 bridgehead atoms. The van der Waals surface area contributed by atoms with Crippen LogP contribution in [0.2, 0.25) is 0 Å². The molecule has 0 saturated heterocycles. The maximum atomic E-state index is 12.7. The first kappa shape index (κ1) is 19.2. The van der Waals surface area contributed by atoms with Crippen LogP contribution in [0.5, 0.6) is 0 Å². The highest BCUT2D eigenvalue weighted by Gasteiger charge is 2.24. The predicted octanol–water partition coefficient (Wildman–Crippen LogP) is 2.54. The summed E-state index contributed by atoms with van der Waals surface area (Å²) in [5.74, 6) is -0.579. The zero-order chi connectivity index (χ0) is 17.6. The lowest BCUT2D eigenvalue weighted by Crippen LogP contribution is -2.44. The van der Waals surface area contributed by atoms with E-state index in [2.05, 4.69) is 12.1 Å². The maximum absolute atomic E-state index is 12.7. The zero-order valence-corrected chi connectivity index (χ0v) is 14.9. The van der Waals surface area contributed by atoms with Gasteiger partial charge in [-0.2, -0.15) is 0 Å². The van der Waals surface area contributed by atoms with Gasteiger partial charge in [-0.15, -0.1) is 0 Å². The van der Waals surface area contributed by atoms with Gasteiger partial charge in [0.15, 0.2) is 0 Å². The van der Waals surface area contributed by atoms with Crippen molar-refractivity contribution in [2.45, 2.75) is 47.3 Å². The van der Waals surface area contributed by atoms with Gasteiger partial charge in [-0.3, -0.25) is 9.59 Å². The molecule has 0 aliphatic rings. The molecule has 0 aliphatic carbocycles. The Morgan fingerprint density at radius 3 is 2.22 bits per heavy atom. The van der Waals surface area contributed by atoms with E-state index in [-0.39, 0.29) is 18.9 Å². The highest BCUT2D eigenvalue weighted by molar-refractivity contribution is 5.84. The normalized spacial score (nSPS) is 11.9. The molecule has 1 aromatic carbocycles. The molecule has 0 aromatic heterocycles. The first-order valence-corrected chi connectivity index (χ1v) is 7.84. The minimum Gasteiger partial charge on any atom is -0.465 e. The fourth-order valence-electron chi connectivity index (χ4n) is 2.63. The van der Waals surface area contributed by atoms with Crippen LogP contribution >= 0.6 is 0 Å². The molecular weight excluding hydrogens is 294 g/mol. The third kappa shape index (κ3) is 5.36. The van der Waals surface area contributed by atoms with Crippen LogP contribution in [-0.4, -0.2) is 43.3 Å². The van der Waals surface area contributed by atoms with Crippen molar-refractivity contribution in [3.05, 3.63) is 34.4 Å². The zero-order valence-electron chi connectivity index (χ0n) is 14.9. The average molecular weight is 321 g/mol. The minimum atomic E-state index is -0.488. The number of hydrogen-bond donors (Lipinski definition) is 0. The lowest BCUT2D eigenvalue weighted by Gasteiger charge is -2.27. The highest BCUT2D eigenvalue weighted by atomic mass is 16.5. The second kappa shape index (κ2) is 8.67. The molecule has 0 N–H and O–H groups in total. The number of benzene rings is 1. The first-order chi connectivity index (χ1) is 10.8. The third-order valence-electron chi connectivity index (χ3n) is 3.87. The standard InChI is InChI=1S/C18H27NO4/c1-7-23-18(21)11-19(15(5)22-6)17(20)10-16-13(3)8-12(2)9-14(16)4/h8-9,15H,7,10-11H2,1-6H3. The summed E-state index contributed by atoms with van der Waals surface area (Å²) in [4.78, 5) is 25.8. The molecule has 5 heteroatoms. The van der Waals surface area contributed by atoms with Crippen molar-refractivity contribution >= 4 is 11.9 Å². The van der Waals surface area contributed by atoms with E-state index < -0.39 is 12.2 Å². The number of ether oxygens (including phenoxy) is 2. The van der Waals surface area contributed by atoms with Crippen molar-refractivity contribution in [2.75, 3.05) is 20.3 Å². The first-order valence-electron chi connectivity index (χ1n) is 7.84. The number of rotatable bonds is 7. The molecule has 0 fully saturated rings. The van der Waals surface area contributed by atoms with Crippen LogP contribution in [0.4, 0.5) is 0 Å².